The number of thioether (sulfide) groups is 1. The average Bonchev–Trinajstić information content (AvgIpc) is 3.67. The van der Waals surface area contributed by atoms with Crippen LogP contribution in [-0.2, 0) is 4.74 Å². The molecule has 3 aromatic carbocycles. The number of alkyl halides is 1. The first-order valence-corrected chi connectivity index (χ1v) is 13.4. The van der Waals surface area contributed by atoms with Crippen LogP contribution >= 0.6 is 11.8 Å². The van der Waals surface area contributed by atoms with E-state index in [1.54, 1.807) is 11.8 Å². The maximum absolute atomic E-state index is 14.6. The molecule has 0 spiro atoms. The highest BCUT2D eigenvalue weighted by Crippen LogP contribution is 2.50. The molecule has 2 aliphatic rings. The van der Waals surface area contributed by atoms with Crippen LogP contribution in [0.15, 0.2) is 77.7 Å². The topological polar surface area (TPSA) is 33.3 Å². The maximum Gasteiger partial charge on any atom is 0.195 e. The molecule has 180 valence electrons. The van der Waals surface area contributed by atoms with E-state index in [2.05, 4.69) is 77.8 Å². The van der Waals surface area contributed by atoms with E-state index in [1.807, 2.05) is 25.1 Å². The molecule has 1 saturated carbocycles. The molecule has 35 heavy (non-hydrogen) atoms. The number of nitrogens with one attached hydrogen (secondary N) is 2. The van der Waals surface area contributed by atoms with Crippen LogP contribution < -0.4 is 10.9 Å². The lowest BCUT2D eigenvalue weighted by atomic mass is 9.86. The first-order chi connectivity index (χ1) is 17.2. The molecule has 2 N–H and O–H groups in total. The van der Waals surface area contributed by atoms with Gasteiger partial charge in [0.25, 0.3) is 0 Å². The molecule has 1 heterocycles. The number of fused-ring (bicyclic) bond motifs is 1. The summed E-state index contributed by atoms with van der Waals surface area (Å²) < 4.78 is 20.0. The van der Waals surface area contributed by atoms with Crippen molar-refractivity contribution in [3.05, 3.63) is 101 Å². The SMILES string of the molecule is CCOC/C=C/c1ccc(/C(=C(\c2ccccc2SC)C2CC2)c2ccc3c(c2)C(F)NN3)cc1. The van der Waals surface area contributed by atoms with E-state index in [4.69, 9.17) is 4.74 Å². The third-order valence-electron chi connectivity index (χ3n) is 6.53. The number of hydrogen-bond donors (Lipinski definition) is 2. The quantitative estimate of drug-likeness (QED) is 0.140. The molecule has 1 fully saturated rings. The Balaban J connectivity index is 1.65. The van der Waals surface area contributed by atoms with Crippen LogP contribution in [0.4, 0.5) is 10.1 Å². The van der Waals surface area contributed by atoms with Crippen molar-refractivity contribution in [2.75, 3.05) is 24.9 Å². The molecule has 0 radical (unpaired) electrons. The summed E-state index contributed by atoms with van der Waals surface area (Å²) in [6, 6.07) is 23.4. The lowest BCUT2D eigenvalue weighted by Crippen LogP contribution is -2.14. The summed E-state index contributed by atoms with van der Waals surface area (Å²) in [5.74, 6) is 0.509. The van der Waals surface area contributed by atoms with Crippen LogP contribution in [0.5, 0.6) is 0 Å². The van der Waals surface area contributed by atoms with Crippen molar-refractivity contribution in [2.45, 2.75) is 31.0 Å². The molecule has 3 nitrogen and oxygen atoms in total. The summed E-state index contributed by atoms with van der Waals surface area (Å²) in [5, 5.41) is 0. The van der Waals surface area contributed by atoms with E-state index in [0.717, 1.165) is 22.4 Å². The maximum atomic E-state index is 14.6. The molecular weight excluding hydrogens is 455 g/mol. The minimum atomic E-state index is -1.22. The van der Waals surface area contributed by atoms with E-state index >= 15 is 0 Å². The Hall–Kier alpha value is -2.86. The third-order valence-corrected chi connectivity index (χ3v) is 7.32. The van der Waals surface area contributed by atoms with Crippen molar-refractivity contribution in [3.63, 3.8) is 0 Å². The zero-order valence-corrected chi connectivity index (χ0v) is 21.0. The van der Waals surface area contributed by atoms with Gasteiger partial charge in [-0.05, 0) is 83.5 Å². The van der Waals surface area contributed by atoms with Crippen LogP contribution in [0.2, 0.25) is 0 Å². The van der Waals surface area contributed by atoms with Gasteiger partial charge in [0.05, 0.1) is 12.3 Å². The smallest absolute Gasteiger partial charge is 0.195 e. The van der Waals surface area contributed by atoms with Crippen molar-refractivity contribution in [2.24, 2.45) is 5.92 Å². The zero-order chi connectivity index (χ0) is 24.2. The molecule has 3 aromatic rings. The zero-order valence-electron chi connectivity index (χ0n) is 20.2. The van der Waals surface area contributed by atoms with Gasteiger partial charge in [0.2, 0.25) is 0 Å². The average molecular weight is 487 g/mol. The first-order valence-electron chi connectivity index (χ1n) is 12.2. The number of allylic oxidation sites excluding steroid dienone is 1. The number of anilines is 1. The number of benzene rings is 3. The number of halogens is 1. The van der Waals surface area contributed by atoms with Crippen molar-refractivity contribution < 1.29 is 9.13 Å². The summed E-state index contributed by atoms with van der Waals surface area (Å²) >= 11 is 1.78. The number of hydrogen-bond acceptors (Lipinski definition) is 4. The largest absolute Gasteiger partial charge is 0.378 e. The summed E-state index contributed by atoms with van der Waals surface area (Å²) in [6.45, 7) is 3.33. The summed E-state index contributed by atoms with van der Waals surface area (Å²) in [6.07, 6.45) is 7.41. The Morgan fingerprint density at radius 2 is 1.83 bits per heavy atom. The summed E-state index contributed by atoms with van der Waals surface area (Å²) in [4.78, 5) is 1.27. The standard InChI is InChI=1S/C30H31FN2OS/c1-3-34-18-6-7-20-10-12-21(13-11-20)28(23-16-17-26-25(19-23)30(31)33-32-26)29(22-14-15-22)24-8-4-5-9-27(24)35-2/h4-13,16-17,19,22,30,32-33H,3,14-15,18H2,1-2H3/b7-6+,29-28+. The van der Waals surface area contributed by atoms with Gasteiger partial charge < -0.3 is 10.2 Å². The molecule has 5 heteroatoms. The first kappa shape index (κ1) is 23.9. The summed E-state index contributed by atoms with van der Waals surface area (Å²) in [5.41, 5.74) is 14.3. The number of hydrazine groups is 1. The van der Waals surface area contributed by atoms with Crippen molar-refractivity contribution >= 4 is 34.7 Å². The van der Waals surface area contributed by atoms with Crippen LogP contribution in [0.25, 0.3) is 17.2 Å². The molecule has 0 amide bonds. The fourth-order valence-corrected chi connectivity index (χ4v) is 5.28. The Kier molecular flexibility index (Phi) is 7.37. The van der Waals surface area contributed by atoms with Gasteiger partial charge in [0, 0.05) is 17.1 Å². The molecule has 5 rings (SSSR count). The highest BCUT2D eigenvalue weighted by Gasteiger charge is 2.32. The molecule has 0 saturated heterocycles. The van der Waals surface area contributed by atoms with E-state index in [9.17, 15) is 4.39 Å². The highest BCUT2D eigenvalue weighted by atomic mass is 32.2. The second-order valence-corrected chi connectivity index (χ2v) is 9.73. The minimum Gasteiger partial charge on any atom is -0.378 e. The Morgan fingerprint density at radius 3 is 2.57 bits per heavy atom. The molecular formula is C30H31FN2OS. The fourth-order valence-electron chi connectivity index (χ4n) is 4.67. The Morgan fingerprint density at radius 1 is 1.06 bits per heavy atom. The minimum absolute atomic E-state index is 0.509. The third kappa shape index (κ3) is 5.22. The molecule has 0 aromatic heterocycles. The fraction of sp³-hybridized carbons (Fsp3) is 0.267. The van der Waals surface area contributed by atoms with Gasteiger partial charge in [-0.3, -0.25) is 0 Å². The van der Waals surface area contributed by atoms with E-state index in [0.29, 0.717) is 24.7 Å². The van der Waals surface area contributed by atoms with Gasteiger partial charge in [0.15, 0.2) is 6.30 Å². The number of ether oxygens (including phenoxy) is 1. The monoisotopic (exact) mass is 486 g/mol. The van der Waals surface area contributed by atoms with Gasteiger partial charge in [-0.1, -0.05) is 60.7 Å². The van der Waals surface area contributed by atoms with E-state index in [-0.39, 0.29) is 0 Å². The Labute approximate surface area is 211 Å². The predicted octanol–water partition coefficient (Wildman–Crippen LogP) is 7.73. The van der Waals surface area contributed by atoms with Crippen molar-refractivity contribution in [1.82, 2.24) is 5.43 Å². The van der Waals surface area contributed by atoms with Gasteiger partial charge in [-0.2, -0.15) is 0 Å². The molecule has 1 unspecified atom stereocenters. The highest BCUT2D eigenvalue weighted by molar-refractivity contribution is 7.98. The van der Waals surface area contributed by atoms with Crippen LogP contribution in [0, 0.1) is 5.92 Å². The van der Waals surface area contributed by atoms with Gasteiger partial charge in [-0.15, -0.1) is 11.8 Å². The molecule has 1 atom stereocenters. The second kappa shape index (κ2) is 10.8. The van der Waals surface area contributed by atoms with Gasteiger partial charge >= 0.3 is 0 Å². The van der Waals surface area contributed by atoms with Crippen molar-refractivity contribution in [1.29, 1.82) is 0 Å². The van der Waals surface area contributed by atoms with Crippen LogP contribution in [0.3, 0.4) is 0 Å². The molecule has 1 aliphatic carbocycles. The molecule has 1 aliphatic heterocycles. The Bertz CT molecular complexity index is 1250. The van der Waals surface area contributed by atoms with Gasteiger partial charge in [-0.25, -0.2) is 9.82 Å². The number of rotatable bonds is 9. The van der Waals surface area contributed by atoms with Crippen LogP contribution in [-0.4, -0.2) is 19.5 Å². The lowest BCUT2D eigenvalue weighted by Gasteiger charge is -2.20. The molecule has 0 bridgehead atoms. The predicted molar refractivity (Wildman–Crippen MR) is 146 cm³/mol. The van der Waals surface area contributed by atoms with E-state index in [1.165, 1.54) is 34.4 Å². The second-order valence-electron chi connectivity index (χ2n) is 8.88. The van der Waals surface area contributed by atoms with Crippen LogP contribution in [0.1, 0.15) is 53.9 Å². The van der Waals surface area contributed by atoms with Gasteiger partial charge in [0.1, 0.15) is 0 Å². The lowest BCUT2D eigenvalue weighted by molar-refractivity contribution is 0.178. The van der Waals surface area contributed by atoms with E-state index < -0.39 is 6.30 Å². The normalized spacial score (nSPS) is 17.9. The summed E-state index contributed by atoms with van der Waals surface area (Å²) in [7, 11) is 0. The van der Waals surface area contributed by atoms with Crippen molar-refractivity contribution in [3.8, 4) is 0 Å².